The number of nitrogens with one attached hydrogen (secondary N) is 1. The third-order valence-corrected chi connectivity index (χ3v) is 4.15. The summed E-state index contributed by atoms with van der Waals surface area (Å²) in [6.07, 6.45) is 0. The molecule has 0 heterocycles. The summed E-state index contributed by atoms with van der Waals surface area (Å²) in [5.74, 6) is 0.165. The predicted octanol–water partition coefficient (Wildman–Crippen LogP) is 5.58. The van der Waals surface area contributed by atoms with Gasteiger partial charge in [-0.15, -0.1) is 0 Å². The maximum Gasteiger partial charge on any atom is 0.340 e. The summed E-state index contributed by atoms with van der Waals surface area (Å²) in [6.45, 7) is -0.444. The van der Waals surface area contributed by atoms with Crippen LogP contribution in [0.25, 0.3) is 0 Å². The Labute approximate surface area is 171 Å². The Balaban J connectivity index is 1.51. The molecule has 142 valence electrons. The highest BCUT2D eigenvalue weighted by Crippen LogP contribution is 2.23. The molecule has 1 N–H and O–H groups in total. The van der Waals surface area contributed by atoms with Crippen molar-refractivity contribution in [3.8, 4) is 11.5 Å². The molecular formula is C21H15Cl2NO4. The zero-order valence-electron chi connectivity index (χ0n) is 14.5. The fourth-order valence-corrected chi connectivity index (χ4v) is 2.78. The summed E-state index contributed by atoms with van der Waals surface area (Å²) >= 11 is 11.7. The quantitative estimate of drug-likeness (QED) is 0.533. The number of hydrogen-bond donors (Lipinski definition) is 1. The summed E-state index contributed by atoms with van der Waals surface area (Å²) in [5, 5.41) is 3.20. The van der Waals surface area contributed by atoms with Gasteiger partial charge in [0.05, 0.1) is 10.6 Å². The van der Waals surface area contributed by atoms with Crippen LogP contribution in [0, 0.1) is 0 Å². The van der Waals surface area contributed by atoms with Gasteiger partial charge in [0.15, 0.2) is 6.61 Å². The Hall–Kier alpha value is -3.02. The van der Waals surface area contributed by atoms with Crippen molar-refractivity contribution in [1.29, 1.82) is 0 Å². The summed E-state index contributed by atoms with van der Waals surface area (Å²) in [6, 6.07) is 20.6. The molecule has 3 rings (SSSR count). The molecule has 28 heavy (non-hydrogen) atoms. The van der Waals surface area contributed by atoms with Crippen LogP contribution >= 0.6 is 23.2 Å². The van der Waals surface area contributed by atoms with Crippen LogP contribution in [0.3, 0.4) is 0 Å². The minimum absolute atomic E-state index is 0.140. The van der Waals surface area contributed by atoms with Gasteiger partial charge in [0, 0.05) is 10.7 Å². The highest BCUT2D eigenvalue weighted by molar-refractivity contribution is 6.36. The first-order valence-corrected chi connectivity index (χ1v) is 9.02. The number of carbonyl (C=O) groups excluding carboxylic acids is 2. The van der Waals surface area contributed by atoms with Crippen molar-refractivity contribution in [3.05, 3.63) is 88.4 Å². The minimum atomic E-state index is -0.705. The molecule has 3 aromatic carbocycles. The van der Waals surface area contributed by atoms with E-state index < -0.39 is 18.5 Å². The van der Waals surface area contributed by atoms with E-state index in [1.54, 1.807) is 24.3 Å². The van der Waals surface area contributed by atoms with Gasteiger partial charge in [-0.1, -0.05) is 41.4 Å². The fourth-order valence-electron chi connectivity index (χ4n) is 2.29. The summed E-state index contributed by atoms with van der Waals surface area (Å²) in [5.41, 5.74) is 0.687. The van der Waals surface area contributed by atoms with E-state index in [1.165, 1.54) is 18.2 Å². The molecule has 5 nitrogen and oxygen atoms in total. The Morgan fingerprint density at radius 2 is 1.54 bits per heavy atom. The molecular weight excluding hydrogens is 401 g/mol. The molecule has 0 aliphatic carbocycles. The second-order valence-electron chi connectivity index (χ2n) is 5.69. The van der Waals surface area contributed by atoms with Gasteiger partial charge in [-0.3, -0.25) is 4.79 Å². The van der Waals surface area contributed by atoms with Crippen molar-refractivity contribution in [2.75, 3.05) is 11.9 Å². The first-order valence-electron chi connectivity index (χ1n) is 8.26. The Morgan fingerprint density at radius 3 is 2.21 bits per heavy atom. The maximum absolute atomic E-state index is 12.0. The van der Waals surface area contributed by atoms with Gasteiger partial charge in [-0.05, 0) is 54.6 Å². The van der Waals surface area contributed by atoms with E-state index in [-0.39, 0.29) is 10.6 Å². The van der Waals surface area contributed by atoms with Crippen molar-refractivity contribution in [2.45, 2.75) is 0 Å². The monoisotopic (exact) mass is 415 g/mol. The van der Waals surface area contributed by atoms with E-state index in [0.717, 1.165) is 0 Å². The van der Waals surface area contributed by atoms with Crippen LogP contribution in [0.2, 0.25) is 10.0 Å². The Bertz CT molecular complexity index is 975. The molecule has 0 unspecified atom stereocenters. The molecule has 0 bridgehead atoms. The lowest BCUT2D eigenvalue weighted by Gasteiger charge is -2.09. The van der Waals surface area contributed by atoms with E-state index in [2.05, 4.69) is 5.32 Å². The van der Waals surface area contributed by atoms with Crippen molar-refractivity contribution in [2.24, 2.45) is 0 Å². The first-order chi connectivity index (χ1) is 13.5. The summed E-state index contributed by atoms with van der Waals surface area (Å²) in [7, 11) is 0. The lowest BCUT2D eigenvalue weighted by Crippen LogP contribution is -2.21. The van der Waals surface area contributed by atoms with Crippen LogP contribution < -0.4 is 10.1 Å². The van der Waals surface area contributed by atoms with E-state index in [1.807, 2.05) is 30.3 Å². The van der Waals surface area contributed by atoms with Gasteiger partial charge in [0.2, 0.25) is 0 Å². The normalized spacial score (nSPS) is 10.2. The highest BCUT2D eigenvalue weighted by Gasteiger charge is 2.14. The molecule has 0 atom stereocenters. The molecule has 0 fully saturated rings. The van der Waals surface area contributed by atoms with Gasteiger partial charge in [-0.25, -0.2) is 4.79 Å². The average molecular weight is 416 g/mol. The molecule has 0 aromatic heterocycles. The molecule has 0 saturated carbocycles. The topological polar surface area (TPSA) is 64.6 Å². The number of esters is 1. The van der Waals surface area contributed by atoms with Crippen LogP contribution in [0.1, 0.15) is 10.4 Å². The molecule has 3 aromatic rings. The number of anilines is 1. The van der Waals surface area contributed by atoms with Gasteiger partial charge in [0.25, 0.3) is 5.91 Å². The van der Waals surface area contributed by atoms with Crippen LogP contribution in [0.15, 0.2) is 72.8 Å². The zero-order valence-corrected chi connectivity index (χ0v) is 16.0. The van der Waals surface area contributed by atoms with Crippen LogP contribution in [0.5, 0.6) is 11.5 Å². The predicted molar refractivity (Wildman–Crippen MR) is 108 cm³/mol. The number of para-hydroxylation sites is 1. The van der Waals surface area contributed by atoms with Crippen molar-refractivity contribution in [3.63, 3.8) is 0 Å². The van der Waals surface area contributed by atoms with E-state index in [4.69, 9.17) is 32.7 Å². The number of benzene rings is 3. The second kappa shape index (κ2) is 9.26. The van der Waals surface area contributed by atoms with Gasteiger partial charge < -0.3 is 14.8 Å². The van der Waals surface area contributed by atoms with Crippen LogP contribution in [-0.2, 0) is 9.53 Å². The number of hydrogen-bond acceptors (Lipinski definition) is 4. The van der Waals surface area contributed by atoms with E-state index >= 15 is 0 Å². The molecule has 7 heteroatoms. The zero-order chi connectivity index (χ0) is 19.9. The van der Waals surface area contributed by atoms with Gasteiger partial charge in [0.1, 0.15) is 11.5 Å². The summed E-state index contributed by atoms with van der Waals surface area (Å²) in [4.78, 5) is 24.0. The number of halogens is 2. The van der Waals surface area contributed by atoms with Crippen LogP contribution in [0.4, 0.5) is 5.69 Å². The smallest absolute Gasteiger partial charge is 0.340 e. The molecule has 0 aliphatic rings. The van der Waals surface area contributed by atoms with Crippen LogP contribution in [-0.4, -0.2) is 18.5 Å². The van der Waals surface area contributed by atoms with E-state index in [0.29, 0.717) is 22.2 Å². The molecule has 0 aliphatic heterocycles. The number of rotatable bonds is 6. The standard InChI is InChI=1S/C21H15Cl2NO4/c22-14-6-11-18(19(23)12-14)21(26)27-13-20(25)24-15-7-9-17(10-8-15)28-16-4-2-1-3-5-16/h1-12H,13H2,(H,24,25). The Morgan fingerprint density at radius 1 is 0.857 bits per heavy atom. The highest BCUT2D eigenvalue weighted by atomic mass is 35.5. The minimum Gasteiger partial charge on any atom is -0.457 e. The van der Waals surface area contributed by atoms with E-state index in [9.17, 15) is 9.59 Å². The largest absolute Gasteiger partial charge is 0.457 e. The van der Waals surface area contributed by atoms with Crippen molar-refractivity contribution in [1.82, 2.24) is 0 Å². The maximum atomic E-state index is 12.0. The van der Waals surface area contributed by atoms with Crippen molar-refractivity contribution < 1.29 is 19.1 Å². The number of ether oxygens (including phenoxy) is 2. The SMILES string of the molecule is O=C(COC(=O)c1ccc(Cl)cc1Cl)Nc1ccc(Oc2ccccc2)cc1. The number of amides is 1. The Kier molecular flexibility index (Phi) is 6.53. The molecule has 1 amide bonds. The van der Waals surface area contributed by atoms with Crippen molar-refractivity contribution >= 4 is 40.8 Å². The fraction of sp³-hybridized carbons (Fsp3) is 0.0476. The lowest BCUT2D eigenvalue weighted by molar-refractivity contribution is -0.119. The molecule has 0 spiro atoms. The lowest BCUT2D eigenvalue weighted by atomic mass is 10.2. The third-order valence-electron chi connectivity index (χ3n) is 3.60. The first kappa shape index (κ1) is 19.7. The summed E-state index contributed by atoms with van der Waals surface area (Å²) < 4.78 is 10.7. The second-order valence-corrected chi connectivity index (χ2v) is 6.53. The van der Waals surface area contributed by atoms with Gasteiger partial charge >= 0.3 is 5.97 Å². The molecule has 0 saturated heterocycles. The molecule has 0 radical (unpaired) electrons. The third kappa shape index (κ3) is 5.49. The van der Waals surface area contributed by atoms with Gasteiger partial charge in [-0.2, -0.15) is 0 Å². The number of carbonyl (C=O) groups is 2. The average Bonchev–Trinajstić information content (AvgIpc) is 2.68.